The maximum Gasteiger partial charge on any atom is 0.165 e. The zero-order chi connectivity index (χ0) is 14.7. The van der Waals surface area contributed by atoms with Crippen molar-refractivity contribution in [2.24, 2.45) is 7.05 Å². The maximum absolute atomic E-state index is 4.68. The molecule has 0 saturated heterocycles. The molecule has 0 aliphatic carbocycles. The molecule has 20 heavy (non-hydrogen) atoms. The lowest BCUT2D eigenvalue weighted by molar-refractivity contribution is 0.746. The second-order valence-electron chi connectivity index (χ2n) is 4.74. The molecule has 0 amide bonds. The first-order valence-electron chi connectivity index (χ1n) is 6.87. The van der Waals surface area contributed by atoms with E-state index in [-0.39, 0.29) is 0 Å². The van der Waals surface area contributed by atoms with Gasteiger partial charge in [0.05, 0.1) is 20.5 Å². The predicted molar refractivity (Wildman–Crippen MR) is 89.8 cm³/mol. The number of aryl methyl sites for hydroxylation is 3. The van der Waals surface area contributed by atoms with Gasteiger partial charge in [-0.15, -0.1) is 0 Å². The molecule has 0 saturated carbocycles. The molecule has 0 aliphatic heterocycles. The van der Waals surface area contributed by atoms with Crippen LogP contribution in [0.5, 0.6) is 0 Å². The lowest BCUT2D eigenvalue weighted by Crippen LogP contribution is -2.07. The zero-order valence-corrected chi connectivity index (χ0v) is 14.5. The average Bonchev–Trinajstić information content (AvgIpc) is 2.81. The van der Waals surface area contributed by atoms with Crippen molar-refractivity contribution < 1.29 is 0 Å². The lowest BCUT2D eigenvalue weighted by atomic mass is 10.2. The van der Waals surface area contributed by atoms with Gasteiger partial charge in [0.25, 0.3) is 0 Å². The Morgan fingerprint density at radius 2 is 2.05 bits per heavy atom. The van der Waals surface area contributed by atoms with Gasteiger partial charge in [0, 0.05) is 19.8 Å². The Morgan fingerprint density at radius 1 is 1.30 bits per heavy atom. The Labute approximate surface area is 133 Å². The monoisotopic (exact) mass is 385 g/mol. The van der Waals surface area contributed by atoms with Gasteiger partial charge >= 0.3 is 0 Å². The molecule has 2 heterocycles. The highest BCUT2D eigenvalue weighted by Crippen LogP contribution is 2.25. The molecule has 0 atom stereocenters. The van der Waals surface area contributed by atoms with E-state index in [0.717, 1.165) is 51.6 Å². The summed E-state index contributed by atoms with van der Waals surface area (Å²) in [5, 5.41) is 7.84. The molecule has 108 valence electrons. The SMILES string of the molecule is CCCNc1nc(-c2cn(C)nc2CC)nc(C)c1I. The Hall–Kier alpha value is -1.18. The number of aromatic nitrogens is 4. The van der Waals surface area contributed by atoms with Crippen molar-refractivity contribution >= 4 is 28.4 Å². The first-order chi connectivity index (χ1) is 9.56. The minimum atomic E-state index is 0.756. The van der Waals surface area contributed by atoms with E-state index in [4.69, 9.17) is 0 Å². The van der Waals surface area contributed by atoms with Gasteiger partial charge in [-0.25, -0.2) is 9.97 Å². The van der Waals surface area contributed by atoms with E-state index in [1.54, 1.807) is 0 Å². The van der Waals surface area contributed by atoms with Crippen LogP contribution >= 0.6 is 22.6 Å². The van der Waals surface area contributed by atoms with Gasteiger partial charge in [0.2, 0.25) is 0 Å². The number of hydrogen-bond donors (Lipinski definition) is 1. The molecule has 0 aliphatic rings. The summed E-state index contributed by atoms with van der Waals surface area (Å²) in [6.45, 7) is 7.18. The summed E-state index contributed by atoms with van der Waals surface area (Å²) in [6, 6.07) is 0. The van der Waals surface area contributed by atoms with Crippen LogP contribution in [0, 0.1) is 10.5 Å². The fourth-order valence-corrected chi connectivity index (χ4v) is 2.45. The largest absolute Gasteiger partial charge is 0.369 e. The summed E-state index contributed by atoms with van der Waals surface area (Å²) in [4.78, 5) is 9.30. The molecular formula is C14H20IN5. The molecule has 1 N–H and O–H groups in total. The molecule has 0 radical (unpaired) electrons. The van der Waals surface area contributed by atoms with Crippen molar-refractivity contribution in [1.29, 1.82) is 0 Å². The topological polar surface area (TPSA) is 55.6 Å². The van der Waals surface area contributed by atoms with Crippen LogP contribution in [0.2, 0.25) is 0 Å². The Kier molecular flexibility index (Phi) is 4.95. The summed E-state index contributed by atoms with van der Waals surface area (Å²) >= 11 is 2.30. The fraction of sp³-hybridized carbons (Fsp3) is 0.500. The Bertz CT molecular complexity index is 606. The van der Waals surface area contributed by atoms with E-state index >= 15 is 0 Å². The van der Waals surface area contributed by atoms with Gasteiger partial charge in [-0.3, -0.25) is 4.68 Å². The van der Waals surface area contributed by atoms with Crippen molar-refractivity contribution in [2.75, 3.05) is 11.9 Å². The number of nitrogens with one attached hydrogen (secondary N) is 1. The van der Waals surface area contributed by atoms with Gasteiger partial charge in [0.15, 0.2) is 5.82 Å². The molecule has 2 rings (SSSR count). The van der Waals surface area contributed by atoms with Crippen LogP contribution in [-0.4, -0.2) is 26.3 Å². The van der Waals surface area contributed by atoms with Crippen molar-refractivity contribution in [2.45, 2.75) is 33.6 Å². The minimum Gasteiger partial charge on any atom is -0.369 e. The summed E-state index contributed by atoms with van der Waals surface area (Å²) < 4.78 is 2.91. The highest BCUT2D eigenvalue weighted by Gasteiger charge is 2.15. The molecule has 0 aromatic carbocycles. The quantitative estimate of drug-likeness (QED) is 0.804. The third-order valence-electron chi connectivity index (χ3n) is 3.04. The van der Waals surface area contributed by atoms with Crippen molar-refractivity contribution in [3.05, 3.63) is 21.2 Å². The fourth-order valence-electron chi connectivity index (χ4n) is 2.02. The van der Waals surface area contributed by atoms with Crippen molar-refractivity contribution in [1.82, 2.24) is 19.7 Å². The van der Waals surface area contributed by atoms with Gasteiger partial charge in [0.1, 0.15) is 5.82 Å². The molecule has 2 aromatic rings. The summed E-state index contributed by atoms with van der Waals surface area (Å²) in [5.74, 6) is 1.67. The molecule has 2 aromatic heterocycles. The standard InChI is InChI=1S/C14H20IN5/c1-5-7-16-14-12(15)9(3)17-13(18-14)10-8-20(4)19-11(10)6-2/h8H,5-7H2,1-4H3,(H,16,17,18). The van der Waals surface area contributed by atoms with Crippen LogP contribution < -0.4 is 5.32 Å². The summed E-state index contributed by atoms with van der Waals surface area (Å²) in [6.07, 6.45) is 3.94. The molecule has 6 heteroatoms. The molecule has 5 nitrogen and oxygen atoms in total. The summed E-state index contributed by atoms with van der Waals surface area (Å²) in [7, 11) is 1.93. The van der Waals surface area contributed by atoms with Crippen molar-refractivity contribution in [3.63, 3.8) is 0 Å². The van der Waals surface area contributed by atoms with E-state index in [9.17, 15) is 0 Å². The average molecular weight is 385 g/mol. The second-order valence-corrected chi connectivity index (χ2v) is 5.82. The van der Waals surface area contributed by atoms with Crippen LogP contribution in [0.1, 0.15) is 31.7 Å². The minimum absolute atomic E-state index is 0.756. The molecule has 0 bridgehead atoms. The first kappa shape index (κ1) is 15.2. The Balaban J connectivity index is 2.48. The van der Waals surface area contributed by atoms with Gasteiger partial charge in [-0.05, 0) is 42.4 Å². The van der Waals surface area contributed by atoms with E-state index in [1.165, 1.54) is 0 Å². The molecule has 0 fully saturated rings. The lowest BCUT2D eigenvalue weighted by Gasteiger charge is -2.10. The summed E-state index contributed by atoms with van der Waals surface area (Å²) in [5.41, 5.74) is 3.06. The third-order valence-corrected chi connectivity index (χ3v) is 4.33. The first-order valence-corrected chi connectivity index (χ1v) is 7.95. The molecule has 0 unspecified atom stereocenters. The van der Waals surface area contributed by atoms with Crippen molar-refractivity contribution in [3.8, 4) is 11.4 Å². The van der Waals surface area contributed by atoms with Crippen LogP contribution in [0.25, 0.3) is 11.4 Å². The number of hydrogen-bond acceptors (Lipinski definition) is 4. The number of anilines is 1. The normalized spacial score (nSPS) is 10.8. The van der Waals surface area contributed by atoms with Gasteiger partial charge in [-0.2, -0.15) is 5.10 Å². The number of nitrogens with zero attached hydrogens (tertiary/aromatic N) is 4. The van der Waals surface area contributed by atoms with Crippen LogP contribution in [0.4, 0.5) is 5.82 Å². The smallest absolute Gasteiger partial charge is 0.165 e. The molecular weight excluding hydrogens is 365 g/mol. The highest BCUT2D eigenvalue weighted by molar-refractivity contribution is 14.1. The maximum atomic E-state index is 4.68. The predicted octanol–water partition coefficient (Wildman–Crippen LogP) is 3.17. The van der Waals surface area contributed by atoms with Crippen LogP contribution in [-0.2, 0) is 13.5 Å². The van der Waals surface area contributed by atoms with Crippen LogP contribution in [0.3, 0.4) is 0 Å². The zero-order valence-electron chi connectivity index (χ0n) is 12.4. The van der Waals surface area contributed by atoms with E-state index in [1.807, 2.05) is 24.9 Å². The van der Waals surface area contributed by atoms with E-state index < -0.39 is 0 Å². The van der Waals surface area contributed by atoms with Gasteiger partial charge in [-0.1, -0.05) is 13.8 Å². The Morgan fingerprint density at radius 3 is 2.70 bits per heavy atom. The van der Waals surface area contributed by atoms with Crippen LogP contribution in [0.15, 0.2) is 6.20 Å². The van der Waals surface area contributed by atoms with Gasteiger partial charge < -0.3 is 5.32 Å². The molecule has 0 spiro atoms. The number of rotatable bonds is 5. The highest BCUT2D eigenvalue weighted by atomic mass is 127. The third kappa shape index (κ3) is 3.11. The van der Waals surface area contributed by atoms with E-state index in [0.29, 0.717) is 0 Å². The number of halogens is 1. The van der Waals surface area contributed by atoms with E-state index in [2.05, 4.69) is 56.8 Å². The second kappa shape index (κ2) is 6.51.